The Kier molecular flexibility index (Phi) is 6.21. The number of rotatable bonds is 7. The highest BCUT2D eigenvalue weighted by molar-refractivity contribution is 5.87. The molecule has 0 aromatic carbocycles. The number of amides is 4. The van der Waals surface area contributed by atoms with Crippen LogP contribution in [-0.4, -0.2) is 69.1 Å². The van der Waals surface area contributed by atoms with Gasteiger partial charge in [-0.2, -0.15) is 0 Å². The molecule has 10 nitrogen and oxygen atoms in total. The molecule has 2 bridgehead atoms. The molecule has 1 unspecified atom stereocenters. The van der Waals surface area contributed by atoms with Gasteiger partial charge in [0.05, 0.1) is 18.2 Å². The summed E-state index contributed by atoms with van der Waals surface area (Å²) < 4.78 is 0. The van der Waals surface area contributed by atoms with E-state index in [9.17, 15) is 24.7 Å². The molecule has 4 N–H and O–H groups in total. The van der Waals surface area contributed by atoms with Gasteiger partial charge in [-0.1, -0.05) is 27.7 Å². The van der Waals surface area contributed by atoms with Crippen LogP contribution >= 0.6 is 0 Å². The van der Waals surface area contributed by atoms with Gasteiger partial charge in [-0.25, -0.2) is 20.1 Å². The van der Waals surface area contributed by atoms with Crippen LogP contribution in [0.2, 0.25) is 0 Å². The van der Waals surface area contributed by atoms with Crippen molar-refractivity contribution in [1.82, 2.24) is 20.8 Å². The van der Waals surface area contributed by atoms with Gasteiger partial charge in [0.1, 0.15) is 6.04 Å². The second kappa shape index (κ2) is 7.89. The van der Waals surface area contributed by atoms with Crippen LogP contribution in [0.15, 0.2) is 0 Å². The van der Waals surface area contributed by atoms with Gasteiger partial charge in [0, 0.05) is 6.54 Å². The van der Waals surface area contributed by atoms with Crippen LogP contribution < -0.4 is 10.8 Å². The van der Waals surface area contributed by atoms with Crippen LogP contribution in [0.5, 0.6) is 0 Å². The van der Waals surface area contributed by atoms with Crippen LogP contribution in [0.3, 0.4) is 0 Å². The summed E-state index contributed by atoms with van der Waals surface area (Å²) in [6.07, 6.45) is 0.832. The number of piperidine rings is 1. The van der Waals surface area contributed by atoms with E-state index in [1.165, 1.54) is 4.90 Å². The Labute approximate surface area is 158 Å². The van der Waals surface area contributed by atoms with Crippen molar-refractivity contribution < 1.29 is 29.5 Å². The molecule has 4 amide bonds. The van der Waals surface area contributed by atoms with Crippen molar-refractivity contribution in [2.24, 2.45) is 5.41 Å². The first-order chi connectivity index (χ1) is 12.5. The number of nitrogens with one attached hydrogen (secondary N) is 2. The molecule has 3 atom stereocenters. The van der Waals surface area contributed by atoms with E-state index in [1.807, 2.05) is 27.7 Å². The number of carboxylic acid groups (broad SMARTS) is 1. The van der Waals surface area contributed by atoms with Crippen LogP contribution in [0, 0.1) is 5.41 Å². The SMILES string of the molecule is CCC(CCONC(=O)[C@@H]1CC[C@@H]2CN1C(=O)N2O)(NC(=O)O)C(C)(C)C. The Balaban J connectivity index is 1.88. The molecule has 2 rings (SSSR count). The Morgan fingerprint density at radius 1 is 1.30 bits per heavy atom. The van der Waals surface area contributed by atoms with Crippen molar-refractivity contribution in [2.75, 3.05) is 13.2 Å². The molecule has 0 saturated carbocycles. The smallest absolute Gasteiger partial charge is 0.405 e. The molecule has 2 saturated heterocycles. The van der Waals surface area contributed by atoms with E-state index in [0.29, 0.717) is 37.3 Å². The molecule has 10 heteroatoms. The lowest BCUT2D eigenvalue weighted by atomic mass is 9.70. The van der Waals surface area contributed by atoms with E-state index < -0.39 is 29.6 Å². The number of carbonyl (C=O) groups excluding carboxylic acids is 2. The van der Waals surface area contributed by atoms with Gasteiger partial charge in [0.15, 0.2) is 0 Å². The summed E-state index contributed by atoms with van der Waals surface area (Å²) in [7, 11) is 0. The lowest BCUT2D eigenvalue weighted by molar-refractivity contribution is -0.139. The predicted octanol–water partition coefficient (Wildman–Crippen LogP) is 1.54. The zero-order chi connectivity index (χ0) is 20.4. The molecule has 0 aromatic rings. The van der Waals surface area contributed by atoms with E-state index in [4.69, 9.17) is 4.84 Å². The zero-order valence-electron chi connectivity index (χ0n) is 16.3. The Hall–Kier alpha value is -2.07. The normalized spacial score (nSPS) is 24.6. The minimum Gasteiger partial charge on any atom is -0.465 e. The average molecular weight is 386 g/mol. The topological polar surface area (TPSA) is 131 Å². The number of hydroxylamine groups is 3. The zero-order valence-corrected chi connectivity index (χ0v) is 16.3. The minimum atomic E-state index is -1.10. The van der Waals surface area contributed by atoms with Crippen molar-refractivity contribution in [3.63, 3.8) is 0 Å². The van der Waals surface area contributed by atoms with Crippen molar-refractivity contribution in [2.45, 2.75) is 71.0 Å². The Morgan fingerprint density at radius 3 is 2.52 bits per heavy atom. The van der Waals surface area contributed by atoms with E-state index in [2.05, 4.69) is 10.8 Å². The summed E-state index contributed by atoms with van der Waals surface area (Å²) in [4.78, 5) is 42.2. The molecule has 2 fully saturated rings. The summed E-state index contributed by atoms with van der Waals surface area (Å²) in [6, 6.07) is -1.51. The lowest BCUT2D eigenvalue weighted by Crippen LogP contribution is -2.57. The van der Waals surface area contributed by atoms with Crippen molar-refractivity contribution >= 4 is 18.0 Å². The van der Waals surface area contributed by atoms with Gasteiger partial charge in [0.2, 0.25) is 0 Å². The monoisotopic (exact) mass is 386 g/mol. The van der Waals surface area contributed by atoms with Gasteiger partial charge < -0.3 is 15.3 Å². The van der Waals surface area contributed by atoms with Gasteiger partial charge >= 0.3 is 12.1 Å². The lowest BCUT2D eigenvalue weighted by Gasteiger charge is -2.44. The highest BCUT2D eigenvalue weighted by Crippen LogP contribution is 2.36. The third-order valence-electron chi connectivity index (χ3n) is 5.84. The predicted molar refractivity (Wildman–Crippen MR) is 94.9 cm³/mol. The van der Waals surface area contributed by atoms with Gasteiger partial charge in [-0.15, -0.1) is 0 Å². The molecule has 154 valence electrons. The van der Waals surface area contributed by atoms with Crippen LogP contribution in [-0.2, 0) is 9.63 Å². The maximum absolute atomic E-state index is 12.4. The Morgan fingerprint density at radius 2 is 1.96 bits per heavy atom. The van der Waals surface area contributed by atoms with E-state index in [0.717, 1.165) is 0 Å². The molecular formula is C17H30N4O6. The maximum Gasteiger partial charge on any atom is 0.405 e. The van der Waals surface area contributed by atoms with Crippen LogP contribution in [0.4, 0.5) is 9.59 Å². The van der Waals surface area contributed by atoms with E-state index >= 15 is 0 Å². The molecule has 2 heterocycles. The summed E-state index contributed by atoms with van der Waals surface area (Å²) in [5.74, 6) is -0.443. The largest absolute Gasteiger partial charge is 0.465 e. The first-order valence-electron chi connectivity index (χ1n) is 9.24. The molecule has 2 aliphatic rings. The molecule has 2 aliphatic heterocycles. The van der Waals surface area contributed by atoms with Gasteiger partial charge in [0.25, 0.3) is 5.91 Å². The van der Waals surface area contributed by atoms with Crippen LogP contribution in [0.25, 0.3) is 0 Å². The van der Waals surface area contributed by atoms with Gasteiger partial charge in [-0.05, 0) is 31.1 Å². The molecule has 27 heavy (non-hydrogen) atoms. The highest BCUT2D eigenvalue weighted by Gasteiger charge is 2.47. The van der Waals surface area contributed by atoms with Crippen LogP contribution in [0.1, 0.15) is 53.4 Å². The fourth-order valence-electron chi connectivity index (χ4n) is 3.96. The summed E-state index contributed by atoms with van der Waals surface area (Å²) >= 11 is 0. The molecule has 0 aliphatic carbocycles. The third kappa shape index (κ3) is 4.27. The van der Waals surface area contributed by atoms with Gasteiger partial charge in [-0.3, -0.25) is 14.8 Å². The number of fused-ring (bicyclic) bond motifs is 2. The molecule has 0 aromatic heterocycles. The molecular weight excluding hydrogens is 356 g/mol. The fraction of sp³-hybridized carbons (Fsp3) is 0.824. The first-order valence-corrected chi connectivity index (χ1v) is 9.24. The third-order valence-corrected chi connectivity index (χ3v) is 5.84. The average Bonchev–Trinajstić information content (AvgIpc) is 2.80. The summed E-state index contributed by atoms with van der Waals surface area (Å²) in [6.45, 7) is 8.18. The molecule has 0 spiro atoms. The molecule has 0 radical (unpaired) electrons. The maximum atomic E-state index is 12.4. The van der Waals surface area contributed by atoms with E-state index in [-0.39, 0.29) is 18.1 Å². The number of hydrogen-bond donors (Lipinski definition) is 4. The first kappa shape index (κ1) is 21.2. The highest BCUT2D eigenvalue weighted by atomic mass is 16.7. The minimum absolute atomic E-state index is 0.118. The summed E-state index contributed by atoms with van der Waals surface area (Å²) in [5, 5.41) is 22.1. The number of urea groups is 1. The second-order valence-corrected chi connectivity index (χ2v) is 8.21. The van der Waals surface area contributed by atoms with E-state index in [1.54, 1.807) is 0 Å². The number of hydrogen-bond acceptors (Lipinski definition) is 5. The second-order valence-electron chi connectivity index (χ2n) is 8.21. The number of carbonyl (C=O) groups is 3. The van der Waals surface area contributed by atoms with Crippen molar-refractivity contribution in [1.29, 1.82) is 0 Å². The van der Waals surface area contributed by atoms with Crippen molar-refractivity contribution in [3.8, 4) is 0 Å². The standard InChI is InChI=1S/C17H30N4O6/c1-5-17(16(2,3)4,18-14(23)24)8-9-27-19-13(22)12-7-6-11-10-20(12)15(25)21(11)26/h11-12,18,26H,5-10H2,1-4H3,(H,19,22)(H,23,24)/t11-,12+,17?/m1/s1. The fourth-order valence-corrected chi connectivity index (χ4v) is 3.96. The number of nitrogens with zero attached hydrogens (tertiary/aromatic N) is 2. The summed E-state index contributed by atoms with van der Waals surface area (Å²) in [5.41, 5.74) is 1.31. The quantitative estimate of drug-likeness (QED) is 0.298. The van der Waals surface area contributed by atoms with Crippen molar-refractivity contribution in [3.05, 3.63) is 0 Å². The Bertz CT molecular complexity index is 592.